The molecule has 0 spiro atoms. The number of halogens is 1. The molecule has 0 atom stereocenters. The Bertz CT molecular complexity index is 537. The van der Waals surface area contributed by atoms with Crippen molar-refractivity contribution in [1.82, 2.24) is 5.32 Å². The molecule has 0 heterocycles. The molecule has 0 radical (unpaired) electrons. The Morgan fingerprint density at radius 2 is 1.52 bits per heavy atom. The van der Waals surface area contributed by atoms with E-state index in [0.717, 1.165) is 18.8 Å². The average molecular weight is 334 g/mol. The highest BCUT2D eigenvalue weighted by Gasteiger charge is 1.98. The third kappa shape index (κ3) is 7.54. The quantitative estimate of drug-likeness (QED) is 0.631. The van der Waals surface area contributed by atoms with Gasteiger partial charge in [-0.3, -0.25) is 0 Å². The predicted molar refractivity (Wildman–Crippen MR) is 100 cm³/mol. The molecular formula is C20H28ClNO. The summed E-state index contributed by atoms with van der Waals surface area (Å²) in [5, 5.41) is 3.48. The van der Waals surface area contributed by atoms with Crippen molar-refractivity contribution < 1.29 is 4.74 Å². The number of hydrogen-bond acceptors (Lipinski definition) is 2. The highest BCUT2D eigenvalue weighted by molar-refractivity contribution is 5.85. The molecular weight excluding hydrogens is 306 g/mol. The fourth-order valence-corrected chi connectivity index (χ4v) is 2.29. The van der Waals surface area contributed by atoms with Crippen molar-refractivity contribution in [3.8, 4) is 5.75 Å². The van der Waals surface area contributed by atoms with Gasteiger partial charge in [-0.25, -0.2) is 0 Å². The molecule has 2 aromatic carbocycles. The molecule has 2 nitrogen and oxygen atoms in total. The fraction of sp³-hybridized carbons (Fsp3) is 0.400. The molecule has 0 aliphatic heterocycles. The number of aryl methyl sites for hydroxylation is 1. The predicted octanol–water partition coefficient (Wildman–Crippen LogP) is 5.28. The van der Waals surface area contributed by atoms with E-state index in [2.05, 4.69) is 67.7 Å². The summed E-state index contributed by atoms with van der Waals surface area (Å²) in [6.07, 6.45) is 3.84. The summed E-state index contributed by atoms with van der Waals surface area (Å²) >= 11 is 0. The van der Waals surface area contributed by atoms with Crippen LogP contribution < -0.4 is 10.1 Å². The molecule has 0 aromatic heterocycles. The van der Waals surface area contributed by atoms with Crippen LogP contribution >= 0.6 is 12.4 Å². The fourth-order valence-electron chi connectivity index (χ4n) is 2.29. The molecule has 2 rings (SSSR count). The summed E-state index contributed by atoms with van der Waals surface area (Å²) in [4.78, 5) is 0. The van der Waals surface area contributed by atoms with Gasteiger partial charge < -0.3 is 10.1 Å². The first-order chi connectivity index (χ1) is 10.8. The summed E-state index contributed by atoms with van der Waals surface area (Å²) in [5.41, 5.74) is 3.78. The zero-order valence-electron chi connectivity index (χ0n) is 14.2. The van der Waals surface area contributed by atoms with Gasteiger partial charge in [-0.05, 0) is 43.1 Å². The Labute approximate surface area is 146 Å². The standard InChI is InChI=1S/C20H27NO.ClH/c1-3-4-5-14-21-15-18-10-12-20(13-11-18)22-16-19-8-6-17(2)7-9-19;/h6-13,21H,3-5,14-16H2,1-2H3;1H. The second-order valence-corrected chi connectivity index (χ2v) is 5.80. The molecule has 1 N–H and O–H groups in total. The molecule has 0 amide bonds. The molecule has 0 aliphatic carbocycles. The second-order valence-electron chi connectivity index (χ2n) is 5.80. The monoisotopic (exact) mass is 333 g/mol. The molecule has 0 bridgehead atoms. The lowest BCUT2D eigenvalue weighted by Gasteiger charge is -2.08. The zero-order valence-corrected chi connectivity index (χ0v) is 15.0. The van der Waals surface area contributed by atoms with E-state index in [1.807, 2.05) is 0 Å². The van der Waals surface area contributed by atoms with E-state index >= 15 is 0 Å². The Morgan fingerprint density at radius 3 is 2.17 bits per heavy atom. The largest absolute Gasteiger partial charge is 0.489 e. The topological polar surface area (TPSA) is 21.3 Å². The van der Waals surface area contributed by atoms with Crippen LogP contribution in [0.2, 0.25) is 0 Å². The van der Waals surface area contributed by atoms with E-state index in [9.17, 15) is 0 Å². The summed E-state index contributed by atoms with van der Waals surface area (Å²) < 4.78 is 5.82. The van der Waals surface area contributed by atoms with E-state index in [1.54, 1.807) is 0 Å². The Hall–Kier alpha value is -1.51. The lowest BCUT2D eigenvalue weighted by atomic mass is 10.2. The van der Waals surface area contributed by atoms with Gasteiger partial charge in [0.25, 0.3) is 0 Å². The van der Waals surface area contributed by atoms with Gasteiger partial charge in [0.05, 0.1) is 0 Å². The number of unbranched alkanes of at least 4 members (excludes halogenated alkanes) is 2. The van der Waals surface area contributed by atoms with Crippen LogP contribution in [0.1, 0.15) is 42.9 Å². The maximum absolute atomic E-state index is 5.82. The normalized spacial score (nSPS) is 10.2. The van der Waals surface area contributed by atoms with Gasteiger partial charge in [-0.2, -0.15) is 0 Å². The number of nitrogens with one attached hydrogen (secondary N) is 1. The lowest BCUT2D eigenvalue weighted by Crippen LogP contribution is -2.14. The summed E-state index contributed by atoms with van der Waals surface area (Å²) in [5.74, 6) is 0.926. The first-order valence-electron chi connectivity index (χ1n) is 8.26. The third-order valence-corrected chi connectivity index (χ3v) is 3.74. The van der Waals surface area contributed by atoms with Crippen LogP contribution in [0.4, 0.5) is 0 Å². The molecule has 23 heavy (non-hydrogen) atoms. The molecule has 2 aromatic rings. The van der Waals surface area contributed by atoms with Crippen molar-refractivity contribution in [2.75, 3.05) is 6.54 Å². The lowest BCUT2D eigenvalue weighted by molar-refractivity contribution is 0.306. The van der Waals surface area contributed by atoms with Gasteiger partial charge in [0.2, 0.25) is 0 Å². The van der Waals surface area contributed by atoms with E-state index in [1.165, 1.54) is 36.0 Å². The van der Waals surface area contributed by atoms with Crippen LogP contribution in [0.5, 0.6) is 5.75 Å². The minimum Gasteiger partial charge on any atom is -0.489 e. The van der Waals surface area contributed by atoms with Crippen LogP contribution in [0, 0.1) is 6.92 Å². The number of hydrogen-bond donors (Lipinski definition) is 1. The maximum Gasteiger partial charge on any atom is 0.119 e. The Kier molecular flexibility index (Phi) is 9.42. The summed E-state index contributed by atoms with van der Waals surface area (Å²) in [6.45, 7) is 6.98. The number of ether oxygens (including phenoxy) is 1. The van der Waals surface area contributed by atoms with Crippen LogP contribution in [-0.2, 0) is 13.2 Å². The SMILES string of the molecule is CCCCCNCc1ccc(OCc2ccc(C)cc2)cc1.Cl. The Balaban J connectivity index is 0.00000264. The van der Waals surface area contributed by atoms with Gasteiger partial charge in [-0.15, -0.1) is 12.4 Å². The minimum atomic E-state index is 0. The maximum atomic E-state index is 5.82. The molecule has 0 unspecified atom stereocenters. The summed E-state index contributed by atoms with van der Waals surface area (Å²) in [6, 6.07) is 16.8. The van der Waals surface area contributed by atoms with Gasteiger partial charge in [0.15, 0.2) is 0 Å². The van der Waals surface area contributed by atoms with Crippen LogP contribution in [0.15, 0.2) is 48.5 Å². The number of rotatable bonds is 9. The van der Waals surface area contributed by atoms with Crippen molar-refractivity contribution in [3.63, 3.8) is 0 Å². The molecule has 0 aliphatic rings. The van der Waals surface area contributed by atoms with Crippen LogP contribution in [-0.4, -0.2) is 6.54 Å². The van der Waals surface area contributed by atoms with Gasteiger partial charge in [0.1, 0.15) is 12.4 Å². The molecule has 0 fully saturated rings. The van der Waals surface area contributed by atoms with E-state index < -0.39 is 0 Å². The average Bonchev–Trinajstić information content (AvgIpc) is 2.55. The molecule has 0 saturated heterocycles. The molecule has 3 heteroatoms. The highest BCUT2D eigenvalue weighted by atomic mass is 35.5. The summed E-state index contributed by atoms with van der Waals surface area (Å²) in [7, 11) is 0. The van der Waals surface area contributed by atoms with Gasteiger partial charge in [-0.1, -0.05) is 61.7 Å². The smallest absolute Gasteiger partial charge is 0.119 e. The van der Waals surface area contributed by atoms with Crippen molar-refractivity contribution in [2.45, 2.75) is 46.3 Å². The van der Waals surface area contributed by atoms with Crippen LogP contribution in [0.25, 0.3) is 0 Å². The van der Waals surface area contributed by atoms with Crippen molar-refractivity contribution in [3.05, 3.63) is 65.2 Å². The number of benzene rings is 2. The van der Waals surface area contributed by atoms with Crippen LogP contribution in [0.3, 0.4) is 0 Å². The minimum absolute atomic E-state index is 0. The van der Waals surface area contributed by atoms with Gasteiger partial charge >= 0.3 is 0 Å². The molecule has 126 valence electrons. The zero-order chi connectivity index (χ0) is 15.6. The van der Waals surface area contributed by atoms with Crippen molar-refractivity contribution >= 4 is 12.4 Å². The first-order valence-corrected chi connectivity index (χ1v) is 8.26. The van der Waals surface area contributed by atoms with Crippen molar-refractivity contribution in [2.24, 2.45) is 0 Å². The van der Waals surface area contributed by atoms with E-state index in [0.29, 0.717) is 6.61 Å². The van der Waals surface area contributed by atoms with E-state index in [-0.39, 0.29) is 12.4 Å². The van der Waals surface area contributed by atoms with Gasteiger partial charge in [0, 0.05) is 6.54 Å². The highest BCUT2D eigenvalue weighted by Crippen LogP contribution is 2.14. The first kappa shape index (κ1) is 19.5. The second kappa shape index (κ2) is 11.1. The Morgan fingerprint density at radius 1 is 0.870 bits per heavy atom. The van der Waals surface area contributed by atoms with E-state index in [4.69, 9.17) is 4.74 Å². The molecule has 0 saturated carbocycles. The van der Waals surface area contributed by atoms with Crippen molar-refractivity contribution in [1.29, 1.82) is 0 Å². The third-order valence-electron chi connectivity index (χ3n) is 3.74.